The van der Waals surface area contributed by atoms with E-state index in [-0.39, 0.29) is 6.10 Å². The normalized spacial score (nSPS) is 26.3. The van der Waals surface area contributed by atoms with E-state index in [9.17, 15) is 5.11 Å². The van der Waals surface area contributed by atoms with Crippen molar-refractivity contribution in [3.63, 3.8) is 0 Å². The Labute approximate surface area is 173 Å². The number of hydrogen-bond donors (Lipinski definition) is 2. The van der Waals surface area contributed by atoms with Crippen LogP contribution in [0.3, 0.4) is 0 Å². The zero-order valence-corrected chi connectivity index (χ0v) is 18.7. The van der Waals surface area contributed by atoms with E-state index < -0.39 is 0 Å². The molecule has 28 heavy (non-hydrogen) atoms. The van der Waals surface area contributed by atoms with Gasteiger partial charge in [0.2, 0.25) is 0 Å². The molecule has 160 valence electrons. The van der Waals surface area contributed by atoms with Crippen molar-refractivity contribution >= 4 is 0 Å². The summed E-state index contributed by atoms with van der Waals surface area (Å²) in [7, 11) is 0. The van der Waals surface area contributed by atoms with Crippen molar-refractivity contribution < 1.29 is 9.84 Å². The van der Waals surface area contributed by atoms with Crippen molar-refractivity contribution in [2.45, 2.75) is 97.6 Å². The molecule has 3 nitrogen and oxygen atoms in total. The molecule has 0 radical (unpaired) electrons. The minimum atomic E-state index is -0.201. The summed E-state index contributed by atoms with van der Waals surface area (Å²) in [5.74, 6) is 2.38. The van der Waals surface area contributed by atoms with Gasteiger partial charge in [-0.05, 0) is 75.0 Å². The van der Waals surface area contributed by atoms with Crippen LogP contribution in [0.25, 0.3) is 0 Å². The molecular formula is C25H43NO2. The second-order valence-corrected chi connectivity index (χ2v) is 8.72. The number of hydrogen-bond acceptors (Lipinski definition) is 3. The molecule has 2 aliphatic rings. The lowest BCUT2D eigenvalue weighted by Gasteiger charge is -2.25. The monoisotopic (exact) mass is 389 g/mol. The van der Waals surface area contributed by atoms with Crippen LogP contribution in [0.1, 0.15) is 85.5 Å². The fourth-order valence-electron chi connectivity index (χ4n) is 4.67. The summed E-state index contributed by atoms with van der Waals surface area (Å²) in [4.78, 5) is 0. The van der Waals surface area contributed by atoms with Gasteiger partial charge in [-0.3, -0.25) is 0 Å². The smallest absolute Gasteiger partial charge is 0.122 e. The van der Waals surface area contributed by atoms with Gasteiger partial charge in [0, 0.05) is 12.6 Å². The number of unbranched alkanes of at least 4 members (excludes halogenated alkanes) is 3. The summed E-state index contributed by atoms with van der Waals surface area (Å²) < 4.78 is 5.96. The summed E-state index contributed by atoms with van der Waals surface area (Å²) >= 11 is 0. The molecule has 0 aromatic heterocycles. The fraction of sp³-hybridized carbons (Fsp3) is 0.760. The van der Waals surface area contributed by atoms with Gasteiger partial charge in [-0.1, -0.05) is 51.7 Å². The molecule has 4 atom stereocenters. The van der Waals surface area contributed by atoms with Crippen LogP contribution in [-0.2, 0) is 4.74 Å². The van der Waals surface area contributed by atoms with E-state index in [2.05, 4.69) is 51.2 Å². The van der Waals surface area contributed by atoms with E-state index in [1.165, 1.54) is 43.3 Å². The largest absolute Gasteiger partial charge is 0.494 e. The second kappa shape index (κ2) is 12.5. The molecule has 0 saturated heterocycles. The Balaban J connectivity index is 1.85. The average Bonchev–Trinajstić information content (AvgIpc) is 2.93. The molecule has 0 spiro atoms. The molecule has 4 unspecified atom stereocenters. The van der Waals surface area contributed by atoms with E-state index in [0.29, 0.717) is 17.9 Å². The van der Waals surface area contributed by atoms with Crippen LogP contribution < -0.4 is 5.32 Å². The molecular weight excluding hydrogens is 346 g/mol. The van der Waals surface area contributed by atoms with Crippen molar-refractivity contribution in [2.75, 3.05) is 13.2 Å². The highest BCUT2D eigenvalue weighted by Crippen LogP contribution is 2.39. The van der Waals surface area contributed by atoms with Crippen LogP contribution in [0.2, 0.25) is 0 Å². The van der Waals surface area contributed by atoms with E-state index >= 15 is 0 Å². The summed E-state index contributed by atoms with van der Waals surface area (Å²) in [5.41, 5.74) is 2.77. The van der Waals surface area contributed by atoms with Crippen molar-refractivity contribution in [1.82, 2.24) is 5.32 Å². The highest BCUT2D eigenvalue weighted by atomic mass is 16.5. The molecule has 2 N–H and O–H groups in total. The Morgan fingerprint density at radius 1 is 1.21 bits per heavy atom. The predicted octanol–water partition coefficient (Wildman–Crippen LogP) is 5.91. The van der Waals surface area contributed by atoms with Gasteiger partial charge in [-0.2, -0.15) is 0 Å². The minimum Gasteiger partial charge on any atom is -0.494 e. The van der Waals surface area contributed by atoms with Gasteiger partial charge in [0.05, 0.1) is 12.7 Å². The van der Waals surface area contributed by atoms with E-state index in [1.54, 1.807) is 0 Å². The number of ether oxygens (including phenoxy) is 1. The lowest BCUT2D eigenvalue weighted by Crippen LogP contribution is -2.38. The van der Waals surface area contributed by atoms with Crippen LogP contribution in [0.15, 0.2) is 35.1 Å². The molecule has 2 aliphatic carbocycles. The van der Waals surface area contributed by atoms with Crippen LogP contribution >= 0.6 is 0 Å². The maximum Gasteiger partial charge on any atom is 0.122 e. The van der Waals surface area contributed by atoms with Crippen LogP contribution in [0.5, 0.6) is 0 Å². The quantitative estimate of drug-likeness (QED) is 0.408. The first kappa shape index (κ1) is 23.2. The van der Waals surface area contributed by atoms with Gasteiger partial charge in [0.15, 0.2) is 0 Å². The summed E-state index contributed by atoms with van der Waals surface area (Å²) in [6.07, 6.45) is 16.9. The number of aliphatic hydroxyl groups is 1. The maximum absolute atomic E-state index is 10.3. The summed E-state index contributed by atoms with van der Waals surface area (Å²) in [6, 6.07) is 0.525. The zero-order chi connectivity index (χ0) is 20.4. The molecule has 0 aromatic rings. The van der Waals surface area contributed by atoms with E-state index in [4.69, 9.17) is 4.74 Å². The molecule has 0 amide bonds. The van der Waals surface area contributed by atoms with Gasteiger partial charge in [0.25, 0.3) is 0 Å². The highest BCUT2D eigenvalue weighted by molar-refractivity contribution is 5.39. The lowest BCUT2D eigenvalue weighted by molar-refractivity contribution is 0.150. The number of allylic oxidation sites excluding steroid dienone is 5. The molecule has 0 heterocycles. The van der Waals surface area contributed by atoms with Gasteiger partial charge >= 0.3 is 0 Å². The van der Waals surface area contributed by atoms with Crippen molar-refractivity contribution in [2.24, 2.45) is 11.8 Å². The number of nitrogens with one attached hydrogen (secondary N) is 1. The molecule has 0 aliphatic heterocycles. The molecule has 1 fully saturated rings. The van der Waals surface area contributed by atoms with Crippen LogP contribution in [0, 0.1) is 11.8 Å². The van der Waals surface area contributed by atoms with Gasteiger partial charge in [-0.25, -0.2) is 0 Å². The molecule has 3 heteroatoms. The van der Waals surface area contributed by atoms with Crippen LogP contribution in [-0.4, -0.2) is 30.4 Å². The van der Waals surface area contributed by atoms with E-state index in [1.807, 2.05) is 0 Å². The summed E-state index contributed by atoms with van der Waals surface area (Å²) in [6.45, 7) is 10.4. The van der Waals surface area contributed by atoms with Gasteiger partial charge < -0.3 is 15.2 Å². The predicted molar refractivity (Wildman–Crippen MR) is 119 cm³/mol. The Hall–Kier alpha value is -1.06. The first-order valence-electron chi connectivity index (χ1n) is 11.7. The van der Waals surface area contributed by atoms with Gasteiger partial charge in [-0.15, -0.1) is 0 Å². The third-order valence-corrected chi connectivity index (χ3v) is 6.60. The number of rotatable bonds is 12. The number of aliphatic hydroxyl groups excluding tert-OH is 1. The molecule has 0 bridgehead atoms. The minimum absolute atomic E-state index is 0.201. The molecule has 1 saturated carbocycles. The van der Waals surface area contributed by atoms with Crippen molar-refractivity contribution in [3.8, 4) is 0 Å². The SMILES string of the molecule is CCCCCCC(O)CNC1CCC(CC2=C(OCC)C=CCC=C2C)C1C. The van der Waals surface area contributed by atoms with Gasteiger partial charge in [0.1, 0.15) is 5.76 Å². The first-order chi connectivity index (χ1) is 13.6. The van der Waals surface area contributed by atoms with Crippen molar-refractivity contribution in [1.29, 1.82) is 0 Å². The Kier molecular flexibility index (Phi) is 10.4. The topological polar surface area (TPSA) is 41.5 Å². The standard InChI is InChI=1S/C25H43NO2/c1-5-7-8-9-13-22(27)18-26-24-16-15-21(20(24)4)17-23-19(3)12-10-11-14-25(23)28-6-2/h11-12,14,20-22,24,26-27H,5-10,13,15-18H2,1-4H3. The third kappa shape index (κ3) is 7.08. The third-order valence-electron chi connectivity index (χ3n) is 6.60. The van der Waals surface area contributed by atoms with Crippen molar-refractivity contribution in [3.05, 3.63) is 35.1 Å². The molecule has 0 aromatic carbocycles. The average molecular weight is 390 g/mol. The maximum atomic E-state index is 10.3. The summed E-state index contributed by atoms with van der Waals surface area (Å²) in [5, 5.41) is 14.0. The Morgan fingerprint density at radius 3 is 2.79 bits per heavy atom. The Morgan fingerprint density at radius 2 is 2.04 bits per heavy atom. The fourth-order valence-corrected chi connectivity index (χ4v) is 4.67. The Bertz CT molecular complexity index is 549. The molecule has 2 rings (SSSR count). The zero-order valence-electron chi connectivity index (χ0n) is 18.7. The first-order valence-corrected chi connectivity index (χ1v) is 11.7. The second-order valence-electron chi connectivity index (χ2n) is 8.72. The highest BCUT2D eigenvalue weighted by Gasteiger charge is 2.33. The van der Waals surface area contributed by atoms with E-state index in [0.717, 1.165) is 44.6 Å². The van der Waals surface area contributed by atoms with Crippen LogP contribution in [0.4, 0.5) is 0 Å². The lowest BCUT2D eigenvalue weighted by atomic mass is 9.86.